The number of hydrogen-bond acceptors (Lipinski definition) is 4. The number of amides is 1. The van der Waals surface area contributed by atoms with Crippen LogP contribution in [0.3, 0.4) is 0 Å². The first-order valence-corrected chi connectivity index (χ1v) is 9.25. The van der Waals surface area contributed by atoms with Crippen molar-refractivity contribution in [1.29, 1.82) is 0 Å². The maximum Gasteiger partial charge on any atom is 0.243 e. The molecule has 3 heterocycles. The second-order valence-electron chi connectivity index (χ2n) is 6.72. The van der Waals surface area contributed by atoms with Gasteiger partial charge in [0.05, 0.1) is 6.20 Å². The van der Waals surface area contributed by atoms with Gasteiger partial charge in [-0.05, 0) is 25.5 Å². The Morgan fingerprint density at radius 3 is 2.82 bits per heavy atom. The van der Waals surface area contributed by atoms with E-state index in [1.54, 1.807) is 36.1 Å². The normalized spacial score (nSPS) is 12.4. The molecule has 0 aliphatic heterocycles. The molecule has 7 nitrogen and oxygen atoms in total. The van der Waals surface area contributed by atoms with Gasteiger partial charge in [-0.2, -0.15) is 5.10 Å². The molecule has 0 aliphatic rings. The fourth-order valence-electron chi connectivity index (χ4n) is 3.55. The molecule has 1 amide bonds. The van der Waals surface area contributed by atoms with Crippen molar-refractivity contribution >= 4 is 28.2 Å². The molecule has 1 N–H and O–H groups in total. The lowest BCUT2D eigenvalue weighted by molar-refractivity contribution is -0.124. The van der Waals surface area contributed by atoms with E-state index in [9.17, 15) is 9.59 Å². The number of ketones is 1. The van der Waals surface area contributed by atoms with Crippen LogP contribution >= 0.6 is 0 Å². The van der Waals surface area contributed by atoms with E-state index in [0.717, 1.165) is 22.1 Å². The van der Waals surface area contributed by atoms with Crippen LogP contribution in [0.1, 0.15) is 42.2 Å². The average molecular weight is 375 g/mol. The summed E-state index contributed by atoms with van der Waals surface area (Å²) >= 11 is 0. The number of aromatic nitrogens is 4. The van der Waals surface area contributed by atoms with Crippen LogP contribution in [0.5, 0.6) is 0 Å². The van der Waals surface area contributed by atoms with Crippen molar-refractivity contribution in [1.82, 2.24) is 24.5 Å². The maximum atomic E-state index is 13.0. The lowest BCUT2D eigenvalue weighted by atomic mass is 10.1. The Morgan fingerprint density at radius 1 is 1.21 bits per heavy atom. The van der Waals surface area contributed by atoms with Crippen molar-refractivity contribution in [3.05, 3.63) is 66.2 Å². The quantitative estimate of drug-likeness (QED) is 0.525. The van der Waals surface area contributed by atoms with Crippen molar-refractivity contribution in [2.45, 2.75) is 32.9 Å². The van der Waals surface area contributed by atoms with E-state index in [2.05, 4.69) is 15.4 Å². The van der Waals surface area contributed by atoms with Crippen molar-refractivity contribution in [2.24, 2.45) is 0 Å². The monoisotopic (exact) mass is 375 g/mol. The summed E-state index contributed by atoms with van der Waals surface area (Å²) in [5.41, 5.74) is 3.09. The van der Waals surface area contributed by atoms with Crippen molar-refractivity contribution in [3.8, 4) is 0 Å². The zero-order chi connectivity index (χ0) is 19.7. The Hall–Kier alpha value is -3.48. The summed E-state index contributed by atoms with van der Waals surface area (Å²) in [7, 11) is 0. The predicted molar refractivity (Wildman–Crippen MR) is 106 cm³/mol. The first-order valence-electron chi connectivity index (χ1n) is 9.25. The largest absolute Gasteiger partial charge is 0.350 e. The van der Waals surface area contributed by atoms with Crippen LogP contribution in [0, 0.1) is 0 Å². The van der Waals surface area contributed by atoms with E-state index in [4.69, 9.17) is 0 Å². The molecular weight excluding hydrogens is 354 g/mol. The smallest absolute Gasteiger partial charge is 0.243 e. The molecule has 0 bridgehead atoms. The van der Waals surface area contributed by atoms with Gasteiger partial charge in [0.25, 0.3) is 0 Å². The maximum absolute atomic E-state index is 13.0. The van der Waals surface area contributed by atoms with Gasteiger partial charge in [-0.15, -0.1) is 0 Å². The first-order chi connectivity index (χ1) is 13.6. The van der Waals surface area contributed by atoms with Gasteiger partial charge in [-0.1, -0.05) is 25.1 Å². The van der Waals surface area contributed by atoms with Crippen molar-refractivity contribution < 1.29 is 9.59 Å². The lowest BCUT2D eigenvalue weighted by Gasteiger charge is -2.18. The highest BCUT2D eigenvalue weighted by atomic mass is 16.2. The fraction of sp³-hybridized carbons (Fsp3) is 0.238. The Morgan fingerprint density at radius 2 is 2.04 bits per heavy atom. The molecule has 0 fully saturated rings. The van der Waals surface area contributed by atoms with Crippen LogP contribution in [-0.4, -0.2) is 30.9 Å². The van der Waals surface area contributed by atoms with Gasteiger partial charge in [0.1, 0.15) is 6.04 Å². The summed E-state index contributed by atoms with van der Waals surface area (Å²) in [6.45, 7) is 3.85. The second kappa shape index (κ2) is 7.26. The van der Waals surface area contributed by atoms with Gasteiger partial charge in [-0.25, -0.2) is 9.50 Å². The summed E-state index contributed by atoms with van der Waals surface area (Å²) in [6, 6.07) is 9.06. The summed E-state index contributed by atoms with van der Waals surface area (Å²) in [5, 5.41) is 8.10. The Balaban J connectivity index is 1.61. The number of hydrogen-bond donors (Lipinski definition) is 1. The second-order valence-corrected chi connectivity index (χ2v) is 6.72. The summed E-state index contributed by atoms with van der Waals surface area (Å²) in [5.74, 6) is -0.115. The van der Waals surface area contributed by atoms with Crippen LogP contribution in [-0.2, 0) is 11.3 Å². The van der Waals surface area contributed by atoms with Crippen LogP contribution in [0.15, 0.2) is 55.1 Å². The minimum atomic E-state index is -0.409. The lowest BCUT2D eigenvalue weighted by Crippen LogP contribution is -2.31. The number of para-hydroxylation sites is 1. The molecule has 3 aromatic heterocycles. The van der Waals surface area contributed by atoms with Crippen LogP contribution in [0.25, 0.3) is 16.6 Å². The molecule has 0 aliphatic carbocycles. The number of nitrogens with zero attached hydrogens (tertiary/aromatic N) is 4. The molecule has 0 spiro atoms. The van der Waals surface area contributed by atoms with Crippen molar-refractivity contribution in [3.63, 3.8) is 0 Å². The molecule has 142 valence electrons. The van der Waals surface area contributed by atoms with Crippen LogP contribution < -0.4 is 5.32 Å². The third-order valence-corrected chi connectivity index (χ3v) is 4.95. The van der Waals surface area contributed by atoms with E-state index < -0.39 is 6.04 Å². The fourth-order valence-corrected chi connectivity index (χ4v) is 3.55. The highest BCUT2D eigenvalue weighted by molar-refractivity contribution is 6.07. The van der Waals surface area contributed by atoms with Gasteiger partial charge in [-0.3, -0.25) is 9.59 Å². The van der Waals surface area contributed by atoms with Gasteiger partial charge >= 0.3 is 0 Å². The Labute approximate surface area is 162 Å². The number of benzene rings is 1. The molecule has 4 aromatic rings. The molecule has 0 radical (unpaired) electrons. The van der Waals surface area contributed by atoms with Gasteiger partial charge in [0, 0.05) is 47.2 Å². The number of carbonyl (C=O) groups excluding carboxylic acids is 2. The number of rotatable bonds is 6. The summed E-state index contributed by atoms with van der Waals surface area (Å²) in [4.78, 5) is 29.3. The molecular formula is C21H21N5O2. The van der Waals surface area contributed by atoms with E-state index in [-0.39, 0.29) is 11.7 Å². The Bertz CT molecular complexity index is 1170. The molecule has 0 unspecified atom stereocenters. The topological polar surface area (TPSA) is 81.3 Å². The highest BCUT2D eigenvalue weighted by Gasteiger charge is 2.22. The van der Waals surface area contributed by atoms with E-state index in [1.165, 1.54) is 0 Å². The van der Waals surface area contributed by atoms with E-state index >= 15 is 0 Å². The van der Waals surface area contributed by atoms with Crippen LogP contribution in [0.4, 0.5) is 0 Å². The SMILES string of the molecule is CC[C@H](C(=O)NCc1cnn2cccnc12)n1cc(C(C)=O)c2ccccc21. The molecule has 28 heavy (non-hydrogen) atoms. The Kier molecular flexibility index (Phi) is 4.65. The van der Waals surface area contributed by atoms with E-state index in [1.807, 2.05) is 42.0 Å². The van der Waals surface area contributed by atoms with Crippen molar-refractivity contribution in [2.75, 3.05) is 0 Å². The first kappa shape index (κ1) is 17.9. The standard InChI is InChI=1S/C21H21N5O2/c1-3-18(25-13-17(14(2)27)16-7-4-5-8-19(16)25)21(28)23-11-15-12-24-26-10-6-9-22-20(15)26/h4-10,12-13,18H,3,11H2,1-2H3,(H,23,28)/t18-/m1/s1. The zero-order valence-electron chi connectivity index (χ0n) is 15.8. The van der Waals surface area contributed by atoms with Gasteiger partial charge < -0.3 is 9.88 Å². The van der Waals surface area contributed by atoms with E-state index in [0.29, 0.717) is 18.5 Å². The summed E-state index contributed by atoms with van der Waals surface area (Å²) < 4.78 is 3.58. The zero-order valence-corrected chi connectivity index (χ0v) is 15.8. The minimum absolute atomic E-state index is 0.0114. The number of Topliss-reactive ketones (excluding diaryl/α,β-unsaturated/α-hetero) is 1. The summed E-state index contributed by atoms with van der Waals surface area (Å²) in [6.07, 6.45) is 7.62. The molecule has 1 aromatic carbocycles. The number of fused-ring (bicyclic) bond motifs is 2. The molecule has 1 atom stereocenters. The number of carbonyl (C=O) groups is 2. The number of nitrogens with one attached hydrogen (secondary N) is 1. The predicted octanol–water partition coefficient (Wildman–Crippen LogP) is 3.15. The highest BCUT2D eigenvalue weighted by Crippen LogP contribution is 2.27. The van der Waals surface area contributed by atoms with Gasteiger partial charge in [0.15, 0.2) is 11.4 Å². The van der Waals surface area contributed by atoms with Crippen LogP contribution in [0.2, 0.25) is 0 Å². The third kappa shape index (κ3) is 3.05. The molecule has 7 heteroatoms. The molecule has 4 rings (SSSR count). The minimum Gasteiger partial charge on any atom is -0.350 e. The van der Waals surface area contributed by atoms with Gasteiger partial charge in [0.2, 0.25) is 5.91 Å². The average Bonchev–Trinajstić information content (AvgIpc) is 3.29. The molecule has 0 saturated carbocycles. The molecule has 0 saturated heterocycles. The third-order valence-electron chi connectivity index (χ3n) is 4.95.